The highest BCUT2D eigenvalue weighted by Gasteiger charge is 2.19. The average molecular weight is 233 g/mol. The van der Waals surface area contributed by atoms with Gasteiger partial charge in [-0.05, 0) is 12.5 Å². The Morgan fingerprint density at radius 3 is 2.71 bits per heavy atom. The maximum atomic E-state index is 9.32. The molecule has 3 N–H and O–H groups in total. The number of rotatable bonds is 4. The Labute approximate surface area is 99.3 Å². The van der Waals surface area contributed by atoms with Crippen LogP contribution in [0.3, 0.4) is 0 Å². The molecule has 1 aromatic carbocycles. The van der Waals surface area contributed by atoms with Crippen molar-refractivity contribution in [2.24, 2.45) is 5.73 Å². The van der Waals surface area contributed by atoms with Crippen molar-refractivity contribution in [3.05, 3.63) is 47.6 Å². The lowest BCUT2D eigenvalue weighted by atomic mass is 10.1. The van der Waals surface area contributed by atoms with Gasteiger partial charge in [0.15, 0.2) is 5.82 Å². The number of aliphatic hydroxyl groups is 1. The molecule has 2 atom stereocenters. The van der Waals surface area contributed by atoms with E-state index in [1.54, 1.807) is 6.92 Å². The van der Waals surface area contributed by atoms with Gasteiger partial charge < -0.3 is 15.4 Å². The molecule has 1 aromatic heterocycles. The Hall–Kier alpha value is -1.72. The monoisotopic (exact) mass is 233 g/mol. The summed E-state index contributed by atoms with van der Waals surface area (Å²) in [5.41, 5.74) is 6.80. The first-order valence-electron chi connectivity index (χ1n) is 5.47. The molecule has 2 rings (SSSR count). The van der Waals surface area contributed by atoms with Gasteiger partial charge in [-0.2, -0.15) is 4.98 Å². The summed E-state index contributed by atoms with van der Waals surface area (Å²) in [4.78, 5) is 4.16. The van der Waals surface area contributed by atoms with E-state index in [4.69, 9.17) is 10.3 Å². The fourth-order valence-corrected chi connectivity index (χ4v) is 1.46. The van der Waals surface area contributed by atoms with E-state index in [0.29, 0.717) is 12.2 Å². The van der Waals surface area contributed by atoms with Gasteiger partial charge in [0, 0.05) is 6.42 Å². The van der Waals surface area contributed by atoms with Crippen molar-refractivity contribution in [2.45, 2.75) is 25.5 Å². The van der Waals surface area contributed by atoms with Crippen LogP contribution in [0.15, 0.2) is 34.9 Å². The second-order valence-corrected chi connectivity index (χ2v) is 3.98. The molecule has 90 valence electrons. The first-order chi connectivity index (χ1) is 8.16. The standard InChI is InChI=1S/C12H15N3O2/c1-8(16)11(13)12-14-10(15-17-12)7-9-5-3-2-4-6-9/h2-6,8,11,16H,7,13H2,1H3/t8-,11+/m1/s1. The van der Waals surface area contributed by atoms with E-state index in [9.17, 15) is 5.11 Å². The molecule has 0 fully saturated rings. The number of nitrogens with two attached hydrogens (primary N) is 1. The number of aromatic nitrogens is 2. The minimum Gasteiger partial charge on any atom is -0.391 e. The van der Waals surface area contributed by atoms with Crippen molar-refractivity contribution in [3.8, 4) is 0 Å². The van der Waals surface area contributed by atoms with Crippen molar-refractivity contribution in [2.75, 3.05) is 0 Å². The fourth-order valence-electron chi connectivity index (χ4n) is 1.46. The van der Waals surface area contributed by atoms with E-state index in [2.05, 4.69) is 10.1 Å². The molecule has 5 nitrogen and oxygen atoms in total. The third kappa shape index (κ3) is 2.89. The third-order valence-electron chi connectivity index (χ3n) is 2.49. The third-order valence-corrected chi connectivity index (χ3v) is 2.49. The second-order valence-electron chi connectivity index (χ2n) is 3.98. The Balaban J connectivity index is 2.09. The van der Waals surface area contributed by atoms with E-state index in [-0.39, 0.29) is 5.89 Å². The van der Waals surface area contributed by atoms with Gasteiger partial charge in [0.25, 0.3) is 0 Å². The van der Waals surface area contributed by atoms with Gasteiger partial charge in [0.05, 0.1) is 6.10 Å². The van der Waals surface area contributed by atoms with Gasteiger partial charge in [-0.1, -0.05) is 35.5 Å². The van der Waals surface area contributed by atoms with E-state index >= 15 is 0 Å². The molecule has 0 radical (unpaired) electrons. The lowest BCUT2D eigenvalue weighted by Crippen LogP contribution is -2.23. The van der Waals surface area contributed by atoms with Crippen LogP contribution in [0.4, 0.5) is 0 Å². The summed E-state index contributed by atoms with van der Waals surface area (Å²) >= 11 is 0. The van der Waals surface area contributed by atoms with Crippen LogP contribution < -0.4 is 5.73 Å². The fraction of sp³-hybridized carbons (Fsp3) is 0.333. The highest BCUT2D eigenvalue weighted by molar-refractivity contribution is 5.18. The molecule has 5 heteroatoms. The zero-order valence-electron chi connectivity index (χ0n) is 9.58. The Kier molecular flexibility index (Phi) is 3.51. The largest absolute Gasteiger partial charge is 0.391 e. The predicted octanol–water partition coefficient (Wildman–Crippen LogP) is 1.04. The molecular weight excluding hydrogens is 218 g/mol. The van der Waals surface area contributed by atoms with Crippen LogP contribution in [0.1, 0.15) is 30.2 Å². The predicted molar refractivity (Wildman–Crippen MR) is 62.2 cm³/mol. The summed E-state index contributed by atoms with van der Waals surface area (Å²) in [6.45, 7) is 1.59. The summed E-state index contributed by atoms with van der Waals surface area (Å²) in [7, 11) is 0. The normalized spacial score (nSPS) is 14.5. The first kappa shape index (κ1) is 11.8. The van der Waals surface area contributed by atoms with Crippen LogP contribution in [0.25, 0.3) is 0 Å². The number of nitrogens with zero attached hydrogens (tertiary/aromatic N) is 2. The first-order valence-corrected chi connectivity index (χ1v) is 5.47. The SMILES string of the molecule is C[C@@H](O)[C@H](N)c1nc(Cc2ccccc2)no1. The van der Waals surface area contributed by atoms with Gasteiger partial charge in [0.1, 0.15) is 6.04 Å². The zero-order valence-corrected chi connectivity index (χ0v) is 9.58. The number of benzene rings is 1. The van der Waals surface area contributed by atoms with Gasteiger partial charge in [-0.15, -0.1) is 0 Å². The topological polar surface area (TPSA) is 85.2 Å². The van der Waals surface area contributed by atoms with E-state index < -0.39 is 12.1 Å². The van der Waals surface area contributed by atoms with Crippen LogP contribution in [0.5, 0.6) is 0 Å². The second kappa shape index (κ2) is 5.07. The molecule has 1 heterocycles. The minimum absolute atomic E-state index is 0.269. The number of aliphatic hydroxyl groups excluding tert-OH is 1. The molecule has 0 saturated heterocycles. The molecule has 0 unspecified atom stereocenters. The lowest BCUT2D eigenvalue weighted by molar-refractivity contribution is 0.146. The molecule has 0 aliphatic rings. The van der Waals surface area contributed by atoms with Gasteiger partial charge in [-0.3, -0.25) is 0 Å². The molecule has 0 aliphatic carbocycles. The Morgan fingerprint density at radius 1 is 1.35 bits per heavy atom. The number of hydrogen-bond acceptors (Lipinski definition) is 5. The van der Waals surface area contributed by atoms with Crippen molar-refractivity contribution in [3.63, 3.8) is 0 Å². The highest BCUT2D eigenvalue weighted by atomic mass is 16.5. The van der Waals surface area contributed by atoms with Crippen LogP contribution in [0, 0.1) is 0 Å². The van der Waals surface area contributed by atoms with Crippen molar-refractivity contribution < 1.29 is 9.63 Å². The zero-order chi connectivity index (χ0) is 12.3. The van der Waals surface area contributed by atoms with E-state index in [1.807, 2.05) is 30.3 Å². The average Bonchev–Trinajstić information content (AvgIpc) is 2.77. The quantitative estimate of drug-likeness (QED) is 0.824. The lowest BCUT2D eigenvalue weighted by Gasteiger charge is -2.08. The summed E-state index contributed by atoms with van der Waals surface area (Å²) < 4.78 is 5.01. The van der Waals surface area contributed by atoms with Crippen LogP contribution >= 0.6 is 0 Å². The summed E-state index contributed by atoms with van der Waals surface area (Å²) in [6, 6.07) is 9.21. The van der Waals surface area contributed by atoms with Gasteiger partial charge >= 0.3 is 0 Å². The molecule has 0 saturated carbocycles. The van der Waals surface area contributed by atoms with Gasteiger partial charge in [-0.25, -0.2) is 0 Å². The maximum Gasteiger partial charge on any atom is 0.246 e. The van der Waals surface area contributed by atoms with E-state index in [0.717, 1.165) is 5.56 Å². The van der Waals surface area contributed by atoms with E-state index in [1.165, 1.54) is 0 Å². The van der Waals surface area contributed by atoms with Crippen molar-refractivity contribution in [1.29, 1.82) is 0 Å². The summed E-state index contributed by atoms with van der Waals surface area (Å²) in [6.07, 6.45) is -0.114. The van der Waals surface area contributed by atoms with Gasteiger partial charge in [0.2, 0.25) is 5.89 Å². The van der Waals surface area contributed by atoms with Crippen LogP contribution in [-0.2, 0) is 6.42 Å². The Morgan fingerprint density at radius 2 is 2.06 bits per heavy atom. The summed E-state index contributed by atoms with van der Waals surface area (Å²) in [5, 5.41) is 13.2. The Bertz CT molecular complexity index is 468. The van der Waals surface area contributed by atoms with Crippen LogP contribution in [-0.4, -0.2) is 21.4 Å². The molecule has 0 amide bonds. The van der Waals surface area contributed by atoms with Crippen LogP contribution in [0.2, 0.25) is 0 Å². The minimum atomic E-state index is -0.708. The van der Waals surface area contributed by atoms with Crippen molar-refractivity contribution >= 4 is 0 Å². The van der Waals surface area contributed by atoms with Crippen molar-refractivity contribution in [1.82, 2.24) is 10.1 Å². The highest BCUT2D eigenvalue weighted by Crippen LogP contribution is 2.13. The molecule has 0 spiro atoms. The molecule has 0 bridgehead atoms. The maximum absolute atomic E-state index is 9.32. The molecular formula is C12H15N3O2. The number of hydrogen-bond donors (Lipinski definition) is 2. The molecule has 17 heavy (non-hydrogen) atoms. The molecule has 2 aromatic rings. The smallest absolute Gasteiger partial charge is 0.246 e. The summed E-state index contributed by atoms with van der Waals surface area (Å²) in [5.74, 6) is 0.841. The molecule has 0 aliphatic heterocycles.